The Labute approximate surface area is 120 Å². The first kappa shape index (κ1) is 14.5. The highest BCUT2D eigenvalue weighted by atomic mass is 32.1. The number of nitrogens with one attached hydrogen (secondary N) is 2. The predicted octanol–water partition coefficient (Wildman–Crippen LogP) is 0.485. The van der Waals surface area contributed by atoms with Crippen LogP contribution in [-0.2, 0) is 20.8 Å². The summed E-state index contributed by atoms with van der Waals surface area (Å²) in [7, 11) is 0. The summed E-state index contributed by atoms with van der Waals surface area (Å²) >= 11 is 1.66. The van der Waals surface area contributed by atoms with Gasteiger partial charge in [-0.1, -0.05) is 0 Å². The van der Waals surface area contributed by atoms with E-state index in [1.54, 1.807) is 11.3 Å². The summed E-state index contributed by atoms with van der Waals surface area (Å²) in [4.78, 5) is 35.0. The third-order valence-corrected chi connectivity index (χ3v) is 4.22. The second-order valence-electron chi connectivity index (χ2n) is 4.63. The number of carboxylic acids is 1. The van der Waals surface area contributed by atoms with E-state index in [-0.39, 0.29) is 18.4 Å². The Hall–Kier alpha value is -1.89. The number of hydrogen-bond donors (Lipinski definition) is 3. The average molecular weight is 296 g/mol. The average Bonchev–Trinajstić information content (AvgIpc) is 2.90. The van der Waals surface area contributed by atoms with Gasteiger partial charge in [0.1, 0.15) is 6.54 Å². The molecular formula is C13H16N2O4S. The van der Waals surface area contributed by atoms with Crippen molar-refractivity contribution in [2.45, 2.75) is 25.2 Å². The second kappa shape index (κ2) is 6.51. The summed E-state index contributed by atoms with van der Waals surface area (Å²) in [6.45, 7) is -0.630. The van der Waals surface area contributed by atoms with E-state index < -0.39 is 18.4 Å². The number of amides is 2. The van der Waals surface area contributed by atoms with Gasteiger partial charge in [0.2, 0.25) is 11.8 Å². The SMILES string of the molecule is O=C(O)CNC(=O)CNC(=O)C1CCCc2sccc21. The maximum absolute atomic E-state index is 12.1. The fraction of sp³-hybridized carbons (Fsp3) is 0.462. The maximum atomic E-state index is 12.1. The minimum absolute atomic E-state index is 0.171. The fourth-order valence-electron chi connectivity index (χ4n) is 2.29. The number of hydrogen-bond acceptors (Lipinski definition) is 4. The molecule has 0 fully saturated rings. The summed E-state index contributed by atoms with van der Waals surface area (Å²) in [5.74, 6) is -1.98. The lowest BCUT2D eigenvalue weighted by Gasteiger charge is -2.21. The van der Waals surface area contributed by atoms with Crippen LogP contribution < -0.4 is 10.6 Å². The molecule has 0 saturated heterocycles. The zero-order chi connectivity index (χ0) is 14.5. The van der Waals surface area contributed by atoms with Gasteiger partial charge in [-0.05, 0) is 36.3 Å². The van der Waals surface area contributed by atoms with Crippen LogP contribution in [0.2, 0.25) is 0 Å². The smallest absolute Gasteiger partial charge is 0.322 e. The van der Waals surface area contributed by atoms with Gasteiger partial charge in [-0.15, -0.1) is 11.3 Å². The lowest BCUT2D eigenvalue weighted by Crippen LogP contribution is -2.41. The molecular weight excluding hydrogens is 280 g/mol. The molecule has 1 aliphatic carbocycles. The van der Waals surface area contributed by atoms with E-state index in [4.69, 9.17) is 5.11 Å². The number of carboxylic acid groups (broad SMARTS) is 1. The van der Waals surface area contributed by atoms with Gasteiger partial charge in [0.05, 0.1) is 12.5 Å². The van der Waals surface area contributed by atoms with Crippen LogP contribution in [0.1, 0.15) is 29.2 Å². The maximum Gasteiger partial charge on any atom is 0.322 e. The van der Waals surface area contributed by atoms with E-state index in [1.807, 2.05) is 11.4 Å². The zero-order valence-electron chi connectivity index (χ0n) is 10.8. The van der Waals surface area contributed by atoms with E-state index in [0.29, 0.717) is 0 Å². The third kappa shape index (κ3) is 3.57. The van der Waals surface area contributed by atoms with Crippen LogP contribution in [0.5, 0.6) is 0 Å². The predicted molar refractivity (Wildman–Crippen MR) is 73.7 cm³/mol. The minimum Gasteiger partial charge on any atom is -0.480 e. The Bertz CT molecular complexity index is 526. The summed E-state index contributed by atoms with van der Waals surface area (Å²) in [5.41, 5.74) is 1.06. The molecule has 1 heterocycles. The first-order valence-electron chi connectivity index (χ1n) is 6.40. The largest absolute Gasteiger partial charge is 0.480 e. The number of thiophene rings is 1. The highest BCUT2D eigenvalue weighted by Gasteiger charge is 2.27. The molecule has 6 nitrogen and oxygen atoms in total. The van der Waals surface area contributed by atoms with Crippen LogP contribution in [0.3, 0.4) is 0 Å². The van der Waals surface area contributed by atoms with Crippen molar-refractivity contribution in [3.63, 3.8) is 0 Å². The molecule has 2 rings (SSSR count). The molecule has 1 aromatic heterocycles. The molecule has 20 heavy (non-hydrogen) atoms. The quantitative estimate of drug-likeness (QED) is 0.736. The number of carbonyl (C=O) groups is 3. The van der Waals surface area contributed by atoms with Gasteiger partial charge >= 0.3 is 5.97 Å². The van der Waals surface area contributed by atoms with Crippen LogP contribution in [0.4, 0.5) is 0 Å². The van der Waals surface area contributed by atoms with Crippen molar-refractivity contribution < 1.29 is 19.5 Å². The first-order chi connectivity index (χ1) is 9.58. The van der Waals surface area contributed by atoms with Gasteiger partial charge in [-0.25, -0.2) is 0 Å². The number of aryl methyl sites for hydroxylation is 1. The van der Waals surface area contributed by atoms with Crippen molar-refractivity contribution in [1.82, 2.24) is 10.6 Å². The molecule has 1 atom stereocenters. The molecule has 0 radical (unpaired) electrons. The van der Waals surface area contributed by atoms with Crippen molar-refractivity contribution in [1.29, 1.82) is 0 Å². The van der Waals surface area contributed by atoms with Gasteiger partial charge in [-0.3, -0.25) is 14.4 Å². The molecule has 0 bridgehead atoms. The van der Waals surface area contributed by atoms with E-state index in [9.17, 15) is 14.4 Å². The Balaban J connectivity index is 1.84. The van der Waals surface area contributed by atoms with Crippen molar-refractivity contribution in [2.75, 3.05) is 13.1 Å². The van der Waals surface area contributed by atoms with E-state index in [1.165, 1.54) is 4.88 Å². The lowest BCUT2D eigenvalue weighted by molar-refractivity contribution is -0.137. The minimum atomic E-state index is -1.11. The van der Waals surface area contributed by atoms with Crippen molar-refractivity contribution in [3.8, 4) is 0 Å². The van der Waals surface area contributed by atoms with Crippen LogP contribution in [0.25, 0.3) is 0 Å². The first-order valence-corrected chi connectivity index (χ1v) is 7.28. The molecule has 0 saturated carbocycles. The van der Waals surface area contributed by atoms with Crippen molar-refractivity contribution in [2.24, 2.45) is 0 Å². The number of aliphatic carboxylic acids is 1. The van der Waals surface area contributed by atoms with Crippen LogP contribution in [-0.4, -0.2) is 36.0 Å². The van der Waals surface area contributed by atoms with Crippen LogP contribution in [0, 0.1) is 0 Å². The molecule has 7 heteroatoms. The molecule has 2 amide bonds. The molecule has 1 aromatic rings. The topological polar surface area (TPSA) is 95.5 Å². The molecule has 0 aliphatic heterocycles. The van der Waals surface area contributed by atoms with Gasteiger partial charge < -0.3 is 15.7 Å². The monoisotopic (exact) mass is 296 g/mol. The van der Waals surface area contributed by atoms with Crippen LogP contribution >= 0.6 is 11.3 Å². The fourth-order valence-corrected chi connectivity index (χ4v) is 3.27. The van der Waals surface area contributed by atoms with Crippen molar-refractivity contribution in [3.05, 3.63) is 21.9 Å². The summed E-state index contributed by atoms with van der Waals surface area (Å²) < 4.78 is 0. The summed E-state index contributed by atoms with van der Waals surface area (Å²) in [6.07, 6.45) is 2.76. The standard InChI is InChI=1S/C13H16N2O4S/c16-11(14-7-12(17)18)6-15-13(19)9-2-1-3-10-8(9)4-5-20-10/h4-5,9H,1-3,6-7H2,(H,14,16)(H,15,19)(H,17,18). The highest BCUT2D eigenvalue weighted by Crippen LogP contribution is 2.34. The summed E-state index contributed by atoms with van der Waals surface area (Å²) in [6, 6.07) is 1.97. The van der Waals surface area contributed by atoms with Gasteiger partial charge in [0.15, 0.2) is 0 Å². The molecule has 0 aromatic carbocycles. The van der Waals surface area contributed by atoms with Crippen molar-refractivity contribution >= 4 is 29.1 Å². The zero-order valence-corrected chi connectivity index (χ0v) is 11.7. The van der Waals surface area contributed by atoms with Crippen LogP contribution in [0.15, 0.2) is 11.4 Å². The number of rotatable bonds is 5. The molecule has 108 valence electrons. The lowest BCUT2D eigenvalue weighted by atomic mass is 9.87. The third-order valence-electron chi connectivity index (χ3n) is 3.23. The Kier molecular flexibility index (Phi) is 4.73. The van der Waals surface area contributed by atoms with E-state index in [0.717, 1.165) is 24.8 Å². The Morgan fingerprint density at radius 1 is 1.30 bits per heavy atom. The van der Waals surface area contributed by atoms with E-state index in [2.05, 4.69) is 10.6 Å². The normalized spacial score (nSPS) is 17.1. The second-order valence-corrected chi connectivity index (χ2v) is 5.63. The van der Waals surface area contributed by atoms with Gasteiger partial charge in [0.25, 0.3) is 0 Å². The molecule has 1 unspecified atom stereocenters. The number of carbonyl (C=O) groups excluding carboxylic acids is 2. The molecule has 1 aliphatic rings. The van der Waals surface area contributed by atoms with Gasteiger partial charge in [0, 0.05) is 4.88 Å². The molecule has 0 spiro atoms. The highest BCUT2D eigenvalue weighted by molar-refractivity contribution is 7.10. The van der Waals surface area contributed by atoms with E-state index >= 15 is 0 Å². The summed E-state index contributed by atoms with van der Waals surface area (Å²) in [5, 5.41) is 15.2. The Morgan fingerprint density at radius 2 is 2.10 bits per heavy atom. The molecule has 3 N–H and O–H groups in total. The Morgan fingerprint density at radius 3 is 2.85 bits per heavy atom. The van der Waals surface area contributed by atoms with Gasteiger partial charge in [-0.2, -0.15) is 0 Å². The number of fused-ring (bicyclic) bond motifs is 1.